The monoisotopic (exact) mass is 365 g/mol. The van der Waals surface area contributed by atoms with Crippen LogP contribution in [0.3, 0.4) is 0 Å². The van der Waals surface area contributed by atoms with Crippen molar-refractivity contribution in [3.63, 3.8) is 0 Å². The number of aliphatic hydroxyl groups excluding tert-OH is 1. The van der Waals surface area contributed by atoms with Crippen LogP contribution in [0.5, 0.6) is 0 Å². The van der Waals surface area contributed by atoms with Gasteiger partial charge in [0.25, 0.3) is 0 Å². The van der Waals surface area contributed by atoms with Crippen LogP contribution in [0.2, 0.25) is 5.02 Å². The zero-order chi connectivity index (χ0) is 17.2. The van der Waals surface area contributed by atoms with Crippen LogP contribution in [0, 0.1) is 0 Å². The highest BCUT2D eigenvalue weighted by atomic mass is 35.5. The molecule has 4 rings (SSSR count). The smallest absolute Gasteiger partial charge is 0.0834 e. The first-order chi connectivity index (χ1) is 12.2. The van der Waals surface area contributed by atoms with E-state index in [0.29, 0.717) is 6.04 Å². The summed E-state index contributed by atoms with van der Waals surface area (Å²) in [5, 5.41) is 11.4. The molecular weight excluding hydrogens is 338 g/mol. The van der Waals surface area contributed by atoms with Gasteiger partial charge in [-0.2, -0.15) is 0 Å². The van der Waals surface area contributed by atoms with Gasteiger partial charge in [-0.25, -0.2) is 0 Å². The standard InChI is InChI=1S/C19H28ClN3O2/c20-16-3-1-2-4-17(16)21-7-5-15(6-8-21)23-13-18(19(24)14-23)22-9-11-25-12-10-22/h1-4,15,18-19,24H,5-14H2/t18-,19-/m0/s1. The zero-order valence-corrected chi connectivity index (χ0v) is 15.4. The van der Waals surface area contributed by atoms with Gasteiger partial charge in [0.15, 0.2) is 0 Å². The third kappa shape index (κ3) is 3.81. The maximum atomic E-state index is 10.6. The fourth-order valence-corrected chi connectivity index (χ4v) is 4.80. The minimum Gasteiger partial charge on any atom is -0.390 e. The molecule has 6 heteroatoms. The minimum absolute atomic E-state index is 0.236. The maximum Gasteiger partial charge on any atom is 0.0834 e. The van der Waals surface area contributed by atoms with Crippen LogP contribution in [-0.4, -0.2) is 85.6 Å². The molecule has 0 saturated carbocycles. The molecule has 0 spiro atoms. The summed E-state index contributed by atoms with van der Waals surface area (Å²) in [5.41, 5.74) is 1.15. The lowest BCUT2D eigenvalue weighted by molar-refractivity contribution is -0.00629. The molecule has 3 saturated heterocycles. The Kier molecular flexibility index (Phi) is 5.48. The molecule has 5 nitrogen and oxygen atoms in total. The number of halogens is 1. The van der Waals surface area contributed by atoms with Crippen LogP contribution >= 0.6 is 11.6 Å². The van der Waals surface area contributed by atoms with Crippen molar-refractivity contribution in [3.8, 4) is 0 Å². The van der Waals surface area contributed by atoms with E-state index in [2.05, 4.69) is 26.8 Å². The number of β-amino-alcohol motifs (C(OH)–C–C–N with tert-alkyl or cyclic N) is 1. The van der Waals surface area contributed by atoms with E-state index in [-0.39, 0.29) is 12.1 Å². The number of likely N-dealkylation sites (tertiary alicyclic amines) is 1. The number of ether oxygens (including phenoxy) is 1. The van der Waals surface area contributed by atoms with Crippen LogP contribution in [0.1, 0.15) is 12.8 Å². The lowest BCUT2D eigenvalue weighted by atomic mass is 10.0. The Bertz CT molecular complexity index is 574. The number of hydrogen-bond donors (Lipinski definition) is 1. The molecule has 0 aromatic heterocycles. The van der Waals surface area contributed by atoms with Crippen molar-refractivity contribution >= 4 is 17.3 Å². The average molecular weight is 366 g/mol. The molecule has 0 unspecified atom stereocenters. The molecule has 3 aliphatic rings. The number of benzene rings is 1. The lowest BCUT2D eigenvalue weighted by Gasteiger charge is -2.38. The van der Waals surface area contributed by atoms with E-state index in [1.54, 1.807) is 0 Å². The third-order valence-electron chi connectivity index (χ3n) is 5.98. The summed E-state index contributed by atoms with van der Waals surface area (Å²) in [7, 11) is 0. The Morgan fingerprint density at radius 1 is 0.960 bits per heavy atom. The van der Waals surface area contributed by atoms with Crippen molar-refractivity contribution in [2.75, 3.05) is 57.4 Å². The number of aliphatic hydroxyl groups is 1. The molecule has 3 aliphatic heterocycles. The van der Waals surface area contributed by atoms with Crippen LogP contribution in [0.15, 0.2) is 24.3 Å². The van der Waals surface area contributed by atoms with E-state index < -0.39 is 0 Å². The van der Waals surface area contributed by atoms with E-state index in [9.17, 15) is 5.11 Å². The summed E-state index contributed by atoms with van der Waals surface area (Å²) in [6.45, 7) is 7.32. The highest BCUT2D eigenvalue weighted by molar-refractivity contribution is 6.33. The topological polar surface area (TPSA) is 39.2 Å². The Morgan fingerprint density at radius 2 is 1.68 bits per heavy atom. The van der Waals surface area contributed by atoms with Crippen molar-refractivity contribution < 1.29 is 9.84 Å². The maximum absolute atomic E-state index is 10.6. The molecule has 0 aliphatic carbocycles. The van der Waals surface area contributed by atoms with E-state index in [1.807, 2.05) is 12.1 Å². The Labute approximate surface area is 155 Å². The van der Waals surface area contributed by atoms with Gasteiger partial charge in [-0.3, -0.25) is 9.80 Å². The molecule has 3 heterocycles. The molecule has 0 radical (unpaired) electrons. The first kappa shape index (κ1) is 17.6. The third-order valence-corrected chi connectivity index (χ3v) is 6.30. The van der Waals surface area contributed by atoms with E-state index in [4.69, 9.17) is 16.3 Å². The highest BCUT2D eigenvalue weighted by Gasteiger charge is 2.39. The van der Waals surface area contributed by atoms with Gasteiger partial charge in [-0.1, -0.05) is 23.7 Å². The number of nitrogens with zero attached hydrogens (tertiary/aromatic N) is 3. The lowest BCUT2D eigenvalue weighted by Crippen LogP contribution is -2.49. The molecule has 138 valence electrons. The van der Waals surface area contributed by atoms with Crippen molar-refractivity contribution in [1.29, 1.82) is 0 Å². The van der Waals surface area contributed by atoms with Gasteiger partial charge in [-0.05, 0) is 25.0 Å². The molecule has 2 atom stereocenters. The quantitative estimate of drug-likeness (QED) is 0.882. The Morgan fingerprint density at radius 3 is 2.40 bits per heavy atom. The van der Waals surface area contributed by atoms with Crippen molar-refractivity contribution in [3.05, 3.63) is 29.3 Å². The SMILES string of the molecule is O[C@H]1CN(C2CCN(c3ccccc3Cl)CC2)C[C@@H]1N1CCOCC1. The van der Waals surface area contributed by atoms with Crippen LogP contribution in [0.25, 0.3) is 0 Å². The van der Waals surface area contributed by atoms with Crippen molar-refractivity contribution in [2.24, 2.45) is 0 Å². The fraction of sp³-hybridized carbons (Fsp3) is 0.684. The highest BCUT2D eigenvalue weighted by Crippen LogP contribution is 2.30. The predicted molar refractivity (Wildman–Crippen MR) is 100 cm³/mol. The molecule has 25 heavy (non-hydrogen) atoms. The average Bonchev–Trinajstić information content (AvgIpc) is 3.05. The van der Waals surface area contributed by atoms with E-state index >= 15 is 0 Å². The summed E-state index contributed by atoms with van der Waals surface area (Å²) >= 11 is 6.34. The molecular formula is C19H28ClN3O2. The predicted octanol–water partition coefficient (Wildman–Crippen LogP) is 1.69. The Hall–Kier alpha value is -0.850. The van der Waals surface area contributed by atoms with Crippen molar-refractivity contribution in [2.45, 2.75) is 31.0 Å². The second-order valence-corrected chi connectivity index (χ2v) is 7.81. The molecule has 0 bridgehead atoms. The molecule has 3 fully saturated rings. The second-order valence-electron chi connectivity index (χ2n) is 7.41. The fourth-order valence-electron chi connectivity index (χ4n) is 4.54. The van der Waals surface area contributed by atoms with Crippen LogP contribution in [0.4, 0.5) is 5.69 Å². The van der Waals surface area contributed by atoms with Gasteiger partial charge in [0.2, 0.25) is 0 Å². The first-order valence-corrected chi connectivity index (χ1v) is 9.83. The van der Waals surface area contributed by atoms with Gasteiger partial charge < -0.3 is 14.7 Å². The van der Waals surface area contributed by atoms with Gasteiger partial charge in [0, 0.05) is 51.4 Å². The van der Waals surface area contributed by atoms with Gasteiger partial charge >= 0.3 is 0 Å². The van der Waals surface area contributed by atoms with Crippen LogP contribution < -0.4 is 4.90 Å². The number of rotatable bonds is 3. The summed E-state index contributed by atoms with van der Waals surface area (Å²) in [6, 6.07) is 8.95. The summed E-state index contributed by atoms with van der Waals surface area (Å²) < 4.78 is 5.45. The molecule has 0 amide bonds. The van der Waals surface area contributed by atoms with Crippen molar-refractivity contribution in [1.82, 2.24) is 9.80 Å². The number of morpholine rings is 1. The van der Waals surface area contributed by atoms with Gasteiger partial charge in [0.1, 0.15) is 0 Å². The summed E-state index contributed by atoms with van der Waals surface area (Å²) in [4.78, 5) is 7.31. The largest absolute Gasteiger partial charge is 0.390 e. The number of anilines is 1. The number of para-hydroxylation sites is 1. The van der Waals surface area contributed by atoms with Gasteiger partial charge in [-0.15, -0.1) is 0 Å². The first-order valence-electron chi connectivity index (χ1n) is 9.46. The van der Waals surface area contributed by atoms with E-state index in [1.165, 1.54) is 0 Å². The molecule has 1 aromatic carbocycles. The minimum atomic E-state index is -0.236. The molecule has 1 N–H and O–H groups in total. The Balaban J connectivity index is 1.33. The zero-order valence-electron chi connectivity index (χ0n) is 14.7. The molecule has 1 aromatic rings. The second kappa shape index (κ2) is 7.80. The van der Waals surface area contributed by atoms with Crippen LogP contribution in [-0.2, 0) is 4.74 Å². The van der Waals surface area contributed by atoms with Gasteiger partial charge in [0.05, 0.1) is 30.0 Å². The summed E-state index contributed by atoms with van der Waals surface area (Å²) in [5.74, 6) is 0. The summed E-state index contributed by atoms with van der Waals surface area (Å²) in [6.07, 6.45) is 2.03. The number of piperidine rings is 1. The number of hydrogen-bond acceptors (Lipinski definition) is 5. The normalized spacial score (nSPS) is 30.1. The van der Waals surface area contributed by atoms with E-state index in [0.717, 1.165) is 76.0 Å².